The third-order valence-electron chi connectivity index (χ3n) is 3.76. The normalized spacial score (nSPS) is 17.4. The Morgan fingerprint density at radius 3 is 2.62 bits per heavy atom. The third kappa shape index (κ3) is 3.41. The largest absolute Gasteiger partial charge is 0.434 e. The second-order valence-corrected chi connectivity index (χ2v) is 7.69. The molecule has 0 aliphatic carbocycles. The molecule has 0 aromatic heterocycles. The van der Waals surface area contributed by atoms with E-state index in [1.54, 1.807) is 6.07 Å². The number of anilines is 1. The van der Waals surface area contributed by atoms with E-state index in [0.717, 1.165) is 6.07 Å². The van der Waals surface area contributed by atoms with Crippen LogP contribution >= 0.6 is 0 Å². The van der Waals surface area contributed by atoms with Crippen molar-refractivity contribution in [2.45, 2.75) is 26.7 Å². The molecule has 0 fully saturated rings. The SMILES string of the molecule is CCS(=O)(=O)Nc1cc(C2C(=O)OC=C2C(C)C)c(F)cc1C#N. The lowest BCUT2D eigenvalue weighted by molar-refractivity contribution is -0.136. The number of nitrogens with zero attached hydrogens (tertiary/aromatic N) is 1. The summed E-state index contributed by atoms with van der Waals surface area (Å²) in [5.41, 5.74) is 0.353. The fourth-order valence-corrected chi connectivity index (χ4v) is 3.05. The van der Waals surface area contributed by atoms with Crippen LogP contribution < -0.4 is 4.72 Å². The Bertz CT molecular complexity index is 854. The number of hydrogen-bond donors (Lipinski definition) is 1. The highest BCUT2D eigenvalue weighted by Gasteiger charge is 2.36. The maximum absolute atomic E-state index is 14.4. The minimum atomic E-state index is -3.66. The standard InChI is InChI=1S/C16H17FN2O4S/c1-4-24(21,22)19-14-6-11(13(17)5-10(14)7-18)15-12(9(2)3)8-23-16(15)20/h5-6,8-9,15,19H,4H2,1-3H3. The topological polar surface area (TPSA) is 96.3 Å². The van der Waals surface area contributed by atoms with Gasteiger partial charge >= 0.3 is 5.97 Å². The summed E-state index contributed by atoms with van der Waals surface area (Å²) in [6.07, 6.45) is 1.30. The molecule has 1 unspecified atom stereocenters. The van der Waals surface area contributed by atoms with E-state index in [0.29, 0.717) is 5.57 Å². The lowest BCUT2D eigenvalue weighted by Gasteiger charge is -2.17. The summed E-state index contributed by atoms with van der Waals surface area (Å²) >= 11 is 0. The number of hydrogen-bond acceptors (Lipinski definition) is 5. The van der Waals surface area contributed by atoms with Crippen LogP contribution in [0.3, 0.4) is 0 Å². The molecule has 1 aliphatic rings. The predicted molar refractivity (Wildman–Crippen MR) is 86.0 cm³/mol. The molecular formula is C16H17FN2O4S. The van der Waals surface area contributed by atoms with Gasteiger partial charge in [0.05, 0.1) is 23.3 Å². The van der Waals surface area contributed by atoms with Crippen LogP contribution in [0.1, 0.15) is 37.8 Å². The van der Waals surface area contributed by atoms with Crippen molar-refractivity contribution >= 4 is 21.7 Å². The second-order valence-electron chi connectivity index (χ2n) is 5.68. The van der Waals surface area contributed by atoms with Crippen molar-refractivity contribution in [1.82, 2.24) is 0 Å². The van der Waals surface area contributed by atoms with Crippen molar-refractivity contribution in [1.29, 1.82) is 5.26 Å². The van der Waals surface area contributed by atoms with Gasteiger partial charge in [0, 0.05) is 5.56 Å². The smallest absolute Gasteiger partial charge is 0.322 e. The van der Waals surface area contributed by atoms with Gasteiger partial charge in [0.15, 0.2) is 0 Å². The Morgan fingerprint density at radius 1 is 1.42 bits per heavy atom. The van der Waals surface area contributed by atoms with Crippen molar-refractivity contribution in [3.63, 3.8) is 0 Å². The number of halogens is 1. The van der Waals surface area contributed by atoms with Crippen LogP contribution in [-0.4, -0.2) is 20.1 Å². The molecule has 1 heterocycles. The molecule has 8 heteroatoms. The van der Waals surface area contributed by atoms with Crippen molar-refractivity contribution in [2.24, 2.45) is 5.92 Å². The van der Waals surface area contributed by atoms with Gasteiger partial charge in [-0.2, -0.15) is 5.26 Å². The first-order valence-corrected chi connectivity index (χ1v) is 8.99. The lowest BCUT2D eigenvalue weighted by atomic mass is 9.86. The lowest BCUT2D eigenvalue weighted by Crippen LogP contribution is -2.18. The number of rotatable bonds is 5. The number of sulfonamides is 1. The first kappa shape index (κ1) is 17.9. The molecule has 0 radical (unpaired) electrons. The number of ether oxygens (including phenoxy) is 1. The fourth-order valence-electron chi connectivity index (χ4n) is 2.40. The van der Waals surface area contributed by atoms with Gasteiger partial charge in [0.25, 0.3) is 0 Å². The summed E-state index contributed by atoms with van der Waals surface area (Å²) in [5.74, 6) is -2.62. The maximum Gasteiger partial charge on any atom is 0.322 e. The molecule has 1 aromatic carbocycles. The van der Waals surface area contributed by atoms with E-state index < -0.39 is 27.7 Å². The first-order valence-electron chi connectivity index (χ1n) is 7.34. The Kier molecular flexibility index (Phi) is 4.94. The van der Waals surface area contributed by atoms with Gasteiger partial charge in [0.2, 0.25) is 10.0 Å². The monoisotopic (exact) mass is 352 g/mol. The summed E-state index contributed by atoms with van der Waals surface area (Å²) in [7, 11) is -3.66. The zero-order valence-electron chi connectivity index (χ0n) is 13.5. The summed E-state index contributed by atoms with van der Waals surface area (Å²) in [6, 6.07) is 3.86. The van der Waals surface area contributed by atoms with Gasteiger partial charge < -0.3 is 4.74 Å². The number of nitriles is 1. The molecule has 0 spiro atoms. The van der Waals surface area contributed by atoms with Crippen molar-refractivity contribution in [2.75, 3.05) is 10.5 Å². The summed E-state index contributed by atoms with van der Waals surface area (Å²) in [4.78, 5) is 12.0. The molecule has 1 aromatic rings. The fraction of sp³-hybridized carbons (Fsp3) is 0.375. The molecule has 0 amide bonds. The molecule has 24 heavy (non-hydrogen) atoms. The van der Waals surface area contributed by atoms with Crippen LogP contribution in [0.4, 0.5) is 10.1 Å². The summed E-state index contributed by atoms with van der Waals surface area (Å²) in [6.45, 7) is 5.11. The van der Waals surface area contributed by atoms with E-state index >= 15 is 0 Å². The van der Waals surface area contributed by atoms with Gasteiger partial charge in [-0.3, -0.25) is 9.52 Å². The van der Waals surface area contributed by atoms with Crippen LogP contribution in [0.5, 0.6) is 0 Å². The Balaban J connectivity index is 2.58. The van der Waals surface area contributed by atoms with E-state index in [4.69, 9.17) is 10.00 Å². The summed E-state index contributed by atoms with van der Waals surface area (Å²) < 4.78 is 45.1. The number of nitrogens with one attached hydrogen (secondary N) is 1. The average molecular weight is 352 g/mol. The van der Waals surface area contributed by atoms with Gasteiger partial charge in [-0.15, -0.1) is 0 Å². The Morgan fingerprint density at radius 2 is 2.08 bits per heavy atom. The molecule has 128 valence electrons. The molecule has 0 saturated carbocycles. The van der Waals surface area contributed by atoms with Gasteiger partial charge in [-0.1, -0.05) is 13.8 Å². The predicted octanol–water partition coefficient (Wildman–Crippen LogP) is 2.64. The molecule has 0 bridgehead atoms. The Labute approximate surface area is 140 Å². The molecule has 1 N–H and O–H groups in total. The van der Waals surface area contributed by atoms with Crippen LogP contribution in [-0.2, 0) is 19.6 Å². The minimum absolute atomic E-state index is 0.0229. The van der Waals surface area contributed by atoms with Crippen molar-refractivity contribution in [3.05, 3.63) is 40.9 Å². The van der Waals surface area contributed by atoms with Crippen LogP contribution in [0.25, 0.3) is 0 Å². The minimum Gasteiger partial charge on any atom is -0.434 e. The number of benzene rings is 1. The van der Waals surface area contributed by atoms with Gasteiger partial charge in [-0.25, -0.2) is 12.8 Å². The first-order chi connectivity index (χ1) is 11.2. The van der Waals surface area contributed by atoms with Crippen LogP contribution in [0.2, 0.25) is 0 Å². The van der Waals surface area contributed by atoms with Crippen molar-refractivity contribution in [3.8, 4) is 6.07 Å². The van der Waals surface area contributed by atoms with Crippen molar-refractivity contribution < 1.29 is 22.3 Å². The van der Waals surface area contributed by atoms with Gasteiger partial charge in [0.1, 0.15) is 17.8 Å². The summed E-state index contributed by atoms with van der Waals surface area (Å²) in [5, 5.41) is 9.11. The van der Waals surface area contributed by atoms with Crippen LogP contribution in [0, 0.1) is 23.1 Å². The van der Waals surface area contributed by atoms with E-state index in [1.165, 1.54) is 19.3 Å². The third-order valence-corrected chi connectivity index (χ3v) is 5.05. The highest BCUT2D eigenvalue weighted by Crippen LogP contribution is 2.38. The molecule has 6 nitrogen and oxygen atoms in total. The number of carbonyl (C=O) groups excluding carboxylic acids is 1. The zero-order chi connectivity index (χ0) is 18.1. The second kappa shape index (κ2) is 6.61. The number of carbonyl (C=O) groups is 1. The zero-order valence-corrected chi connectivity index (χ0v) is 14.3. The molecule has 1 atom stereocenters. The molecular weight excluding hydrogens is 335 g/mol. The highest BCUT2D eigenvalue weighted by molar-refractivity contribution is 7.92. The molecule has 1 aliphatic heterocycles. The van der Waals surface area contributed by atoms with E-state index in [9.17, 15) is 17.6 Å². The number of cyclic esters (lactones) is 1. The van der Waals surface area contributed by atoms with E-state index in [1.807, 2.05) is 13.8 Å². The van der Waals surface area contributed by atoms with E-state index in [-0.39, 0.29) is 28.5 Å². The van der Waals surface area contributed by atoms with E-state index in [2.05, 4.69) is 4.72 Å². The molecule has 2 rings (SSSR count). The maximum atomic E-state index is 14.4. The quantitative estimate of drug-likeness (QED) is 0.822. The Hall–Kier alpha value is -2.40. The van der Waals surface area contributed by atoms with Gasteiger partial charge in [-0.05, 0) is 30.5 Å². The number of esters is 1. The van der Waals surface area contributed by atoms with Crippen LogP contribution in [0.15, 0.2) is 24.0 Å². The average Bonchev–Trinajstić information content (AvgIpc) is 2.90. The molecule has 0 saturated heterocycles. The highest BCUT2D eigenvalue weighted by atomic mass is 32.2.